The lowest BCUT2D eigenvalue weighted by atomic mass is 9.95. The fourth-order valence-corrected chi connectivity index (χ4v) is 2.89. The van der Waals surface area contributed by atoms with E-state index in [-0.39, 0.29) is 17.7 Å². The zero-order valence-corrected chi connectivity index (χ0v) is 14.8. The van der Waals surface area contributed by atoms with Gasteiger partial charge in [-0.15, -0.1) is 0 Å². The molecule has 0 aliphatic heterocycles. The number of ether oxygens (including phenoxy) is 1. The lowest BCUT2D eigenvalue weighted by molar-refractivity contribution is 0.0692. The molecule has 0 aliphatic rings. The van der Waals surface area contributed by atoms with Crippen molar-refractivity contribution in [2.45, 2.75) is 6.54 Å². The van der Waals surface area contributed by atoms with Crippen molar-refractivity contribution in [2.24, 2.45) is 0 Å². The van der Waals surface area contributed by atoms with E-state index in [0.29, 0.717) is 11.3 Å². The number of aromatic carboxylic acids is 1. The van der Waals surface area contributed by atoms with Gasteiger partial charge in [-0.1, -0.05) is 54.6 Å². The first-order valence-electron chi connectivity index (χ1n) is 8.43. The van der Waals surface area contributed by atoms with Crippen molar-refractivity contribution < 1.29 is 19.4 Å². The summed E-state index contributed by atoms with van der Waals surface area (Å²) >= 11 is 0. The van der Waals surface area contributed by atoms with Crippen molar-refractivity contribution in [2.75, 3.05) is 7.11 Å². The predicted octanol–water partition coefficient (Wildman–Crippen LogP) is 3.99. The Balaban J connectivity index is 1.89. The monoisotopic (exact) mass is 361 g/mol. The number of hydrogen-bond donors (Lipinski definition) is 2. The smallest absolute Gasteiger partial charge is 0.337 e. The lowest BCUT2D eigenvalue weighted by Gasteiger charge is -2.12. The van der Waals surface area contributed by atoms with Gasteiger partial charge in [0.25, 0.3) is 5.91 Å². The minimum absolute atomic E-state index is 0.00755. The van der Waals surface area contributed by atoms with E-state index in [1.807, 2.05) is 54.6 Å². The van der Waals surface area contributed by atoms with Gasteiger partial charge in [0.1, 0.15) is 5.75 Å². The van der Waals surface area contributed by atoms with Crippen molar-refractivity contribution in [1.82, 2.24) is 5.32 Å². The van der Waals surface area contributed by atoms with E-state index in [1.165, 1.54) is 6.07 Å². The highest BCUT2D eigenvalue weighted by Gasteiger charge is 2.21. The molecule has 0 radical (unpaired) electrons. The molecule has 0 saturated heterocycles. The lowest BCUT2D eigenvalue weighted by Crippen LogP contribution is -2.25. The maximum atomic E-state index is 12.7. The average Bonchev–Trinajstić information content (AvgIpc) is 2.72. The summed E-state index contributed by atoms with van der Waals surface area (Å²) in [6.07, 6.45) is 0. The molecule has 2 N–H and O–H groups in total. The molecule has 0 atom stereocenters. The number of carbonyl (C=O) groups is 2. The maximum absolute atomic E-state index is 12.7. The van der Waals surface area contributed by atoms with Crippen molar-refractivity contribution in [1.29, 1.82) is 0 Å². The van der Waals surface area contributed by atoms with Crippen LogP contribution < -0.4 is 10.1 Å². The predicted molar refractivity (Wildman–Crippen MR) is 103 cm³/mol. The van der Waals surface area contributed by atoms with E-state index in [0.717, 1.165) is 11.1 Å². The summed E-state index contributed by atoms with van der Waals surface area (Å²) in [4.78, 5) is 24.6. The number of carbonyl (C=O) groups excluding carboxylic acids is 1. The molecule has 5 nitrogen and oxygen atoms in total. The van der Waals surface area contributed by atoms with E-state index in [2.05, 4.69) is 5.32 Å². The third kappa shape index (κ3) is 4.15. The van der Waals surface area contributed by atoms with Crippen LogP contribution in [0.3, 0.4) is 0 Å². The van der Waals surface area contributed by atoms with Gasteiger partial charge >= 0.3 is 5.97 Å². The molecule has 1 amide bonds. The first kappa shape index (κ1) is 18.2. The Morgan fingerprint density at radius 2 is 1.70 bits per heavy atom. The molecular formula is C22H19NO4. The Hall–Kier alpha value is -3.60. The van der Waals surface area contributed by atoms with Crippen LogP contribution in [0, 0.1) is 0 Å². The largest absolute Gasteiger partial charge is 0.497 e. The zero-order valence-electron chi connectivity index (χ0n) is 14.8. The van der Waals surface area contributed by atoms with Gasteiger partial charge in [-0.3, -0.25) is 4.79 Å². The second kappa shape index (κ2) is 8.19. The number of carboxylic acids is 1. The molecule has 27 heavy (non-hydrogen) atoms. The summed E-state index contributed by atoms with van der Waals surface area (Å²) in [6, 6.07) is 21.4. The van der Waals surface area contributed by atoms with Crippen molar-refractivity contribution >= 4 is 11.9 Å². The van der Waals surface area contributed by atoms with Crippen LogP contribution in [-0.4, -0.2) is 24.1 Å². The van der Waals surface area contributed by atoms with E-state index < -0.39 is 11.9 Å². The molecule has 136 valence electrons. The normalized spacial score (nSPS) is 10.3. The van der Waals surface area contributed by atoms with Gasteiger partial charge in [-0.05, 0) is 34.9 Å². The Labute approximate surface area is 157 Å². The molecule has 0 heterocycles. The molecule has 5 heteroatoms. The van der Waals surface area contributed by atoms with E-state index >= 15 is 0 Å². The molecule has 3 rings (SSSR count). The maximum Gasteiger partial charge on any atom is 0.337 e. The van der Waals surface area contributed by atoms with Gasteiger partial charge in [-0.25, -0.2) is 4.79 Å². The Kier molecular flexibility index (Phi) is 5.52. The first-order valence-corrected chi connectivity index (χ1v) is 8.43. The standard InChI is InChI=1S/C22H19NO4/c1-27-17-10-5-7-15(13-17)14-23-21(24)19-12-6-11-18(20(19)22(25)26)16-8-3-2-4-9-16/h2-13H,14H2,1H3,(H,23,24)(H,25,26). The third-order valence-corrected chi connectivity index (χ3v) is 4.19. The summed E-state index contributed by atoms with van der Waals surface area (Å²) < 4.78 is 5.17. The van der Waals surface area contributed by atoms with Gasteiger partial charge in [0.2, 0.25) is 0 Å². The van der Waals surface area contributed by atoms with Gasteiger partial charge in [0.05, 0.1) is 18.2 Å². The fraction of sp³-hybridized carbons (Fsp3) is 0.0909. The number of rotatable bonds is 6. The molecule has 0 aliphatic carbocycles. The van der Waals surface area contributed by atoms with Gasteiger partial charge in [0.15, 0.2) is 0 Å². The molecule has 0 saturated carbocycles. The second-order valence-corrected chi connectivity index (χ2v) is 5.93. The van der Waals surface area contributed by atoms with Gasteiger partial charge in [-0.2, -0.15) is 0 Å². The molecule has 0 unspecified atom stereocenters. The molecule has 3 aromatic rings. The Morgan fingerprint density at radius 1 is 0.963 bits per heavy atom. The molecule has 0 bridgehead atoms. The number of amides is 1. The topological polar surface area (TPSA) is 75.6 Å². The number of benzene rings is 3. The van der Waals surface area contributed by atoms with E-state index in [9.17, 15) is 14.7 Å². The van der Waals surface area contributed by atoms with Gasteiger partial charge in [0, 0.05) is 6.54 Å². The third-order valence-electron chi connectivity index (χ3n) is 4.19. The van der Waals surface area contributed by atoms with Crippen molar-refractivity contribution in [3.05, 3.63) is 89.5 Å². The van der Waals surface area contributed by atoms with E-state index in [1.54, 1.807) is 19.2 Å². The average molecular weight is 361 g/mol. The van der Waals surface area contributed by atoms with Crippen LogP contribution in [0.25, 0.3) is 11.1 Å². The van der Waals surface area contributed by atoms with Crippen molar-refractivity contribution in [3.8, 4) is 16.9 Å². The van der Waals surface area contributed by atoms with Crippen LogP contribution in [0.15, 0.2) is 72.8 Å². The van der Waals surface area contributed by atoms with Crippen LogP contribution in [-0.2, 0) is 6.54 Å². The molecule has 3 aromatic carbocycles. The van der Waals surface area contributed by atoms with Crippen molar-refractivity contribution in [3.63, 3.8) is 0 Å². The molecular weight excluding hydrogens is 342 g/mol. The summed E-state index contributed by atoms with van der Waals surface area (Å²) in [7, 11) is 1.58. The molecule has 0 aromatic heterocycles. The zero-order chi connectivity index (χ0) is 19.2. The number of nitrogens with one attached hydrogen (secondary N) is 1. The number of carboxylic acid groups (broad SMARTS) is 1. The summed E-state index contributed by atoms with van der Waals surface area (Å²) in [5, 5.41) is 12.5. The molecule has 0 spiro atoms. The minimum atomic E-state index is -1.14. The first-order chi connectivity index (χ1) is 13.1. The van der Waals surface area contributed by atoms with Crippen LogP contribution in [0.1, 0.15) is 26.3 Å². The van der Waals surface area contributed by atoms with Crippen LogP contribution in [0.2, 0.25) is 0 Å². The summed E-state index contributed by atoms with van der Waals surface area (Å²) in [6.45, 7) is 0.269. The highest BCUT2D eigenvalue weighted by atomic mass is 16.5. The quantitative estimate of drug-likeness (QED) is 0.696. The second-order valence-electron chi connectivity index (χ2n) is 5.93. The Bertz CT molecular complexity index is 967. The SMILES string of the molecule is COc1cccc(CNC(=O)c2cccc(-c3ccccc3)c2C(=O)O)c1. The molecule has 0 fully saturated rings. The van der Waals surface area contributed by atoms with E-state index in [4.69, 9.17) is 4.74 Å². The Morgan fingerprint density at radius 3 is 2.41 bits per heavy atom. The summed E-state index contributed by atoms with van der Waals surface area (Å²) in [5.74, 6) is -0.881. The highest BCUT2D eigenvalue weighted by Crippen LogP contribution is 2.26. The fourth-order valence-electron chi connectivity index (χ4n) is 2.89. The highest BCUT2D eigenvalue weighted by molar-refractivity contribution is 6.08. The van der Waals surface area contributed by atoms with Gasteiger partial charge < -0.3 is 15.2 Å². The van der Waals surface area contributed by atoms with Crippen LogP contribution in [0.5, 0.6) is 5.75 Å². The minimum Gasteiger partial charge on any atom is -0.497 e. The number of methoxy groups -OCH3 is 1. The van der Waals surface area contributed by atoms with Crippen LogP contribution in [0.4, 0.5) is 0 Å². The number of hydrogen-bond acceptors (Lipinski definition) is 3. The summed E-state index contributed by atoms with van der Waals surface area (Å²) in [5.41, 5.74) is 2.24. The van der Waals surface area contributed by atoms with Crippen LogP contribution >= 0.6 is 0 Å².